The summed E-state index contributed by atoms with van der Waals surface area (Å²) in [6.45, 7) is 4.14. The first-order valence-corrected chi connectivity index (χ1v) is 7.51. The summed E-state index contributed by atoms with van der Waals surface area (Å²) in [5.74, 6) is 0.152. The minimum Gasteiger partial charge on any atom is -0.217 e. The molecular formula is C14H14Cl3FN2. The molecule has 0 saturated carbocycles. The predicted molar refractivity (Wildman–Crippen MR) is 81.6 cm³/mol. The second-order valence-corrected chi connectivity index (χ2v) is 5.96. The maximum Gasteiger partial charge on any atom is 0.150 e. The smallest absolute Gasteiger partial charge is 0.150 e. The molecule has 1 aromatic carbocycles. The molecule has 0 spiro atoms. The molecule has 1 aromatic heterocycles. The fourth-order valence-corrected chi connectivity index (χ4v) is 2.88. The quantitative estimate of drug-likeness (QED) is 0.697. The monoisotopic (exact) mass is 334 g/mol. The Morgan fingerprint density at radius 3 is 2.55 bits per heavy atom. The maximum atomic E-state index is 14.0. The van der Waals surface area contributed by atoms with Crippen molar-refractivity contribution in [1.29, 1.82) is 0 Å². The van der Waals surface area contributed by atoms with Crippen molar-refractivity contribution < 1.29 is 4.39 Å². The molecule has 0 saturated heterocycles. The molecule has 0 aliphatic heterocycles. The van der Waals surface area contributed by atoms with Gasteiger partial charge in [0.05, 0.1) is 16.6 Å². The van der Waals surface area contributed by atoms with Crippen molar-refractivity contribution in [3.05, 3.63) is 45.4 Å². The highest BCUT2D eigenvalue weighted by Gasteiger charge is 2.20. The van der Waals surface area contributed by atoms with Gasteiger partial charge in [-0.3, -0.25) is 0 Å². The Morgan fingerprint density at radius 1 is 1.30 bits per heavy atom. The summed E-state index contributed by atoms with van der Waals surface area (Å²) in [5.41, 5.74) is 1.65. The van der Waals surface area contributed by atoms with Crippen LogP contribution in [0.25, 0.3) is 5.69 Å². The topological polar surface area (TPSA) is 17.8 Å². The van der Waals surface area contributed by atoms with Crippen LogP contribution in [0.2, 0.25) is 10.2 Å². The van der Waals surface area contributed by atoms with Crippen LogP contribution in [0.15, 0.2) is 18.2 Å². The molecule has 0 N–H and O–H groups in total. The van der Waals surface area contributed by atoms with Gasteiger partial charge in [-0.1, -0.05) is 43.1 Å². The molecular weight excluding hydrogens is 322 g/mol. The van der Waals surface area contributed by atoms with Gasteiger partial charge in [0.15, 0.2) is 0 Å². The molecule has 2 rings (SSSR count). The number of aromatic nitrogens is 2. The van der Waals surface area contributed by atoms with Crippen LogP contribution in [0, 0.1) is 11.7 Å². The lowest BCUT2D eigenvalue weighted by Gasteiger charge is -2.07. The molecule has 0 aliphatic rings. The summed E-state index contributed by atoms with van der Waals surface area (Å²) < 4.78 is 15.3. The van der Waals surface area contributed by atoms with Gasteiger partial charge in [0.1, 0.15) is 16.7 Å². The fraction of sp³-hybridized carbons (Fsp3) is 0.357. The number of hydrogen-bond acceptors (Lipinski definition) is 1. The van der Waals surface area contributed by atoms with Gasteiger partial charge in [0.2, 0.25) is 0 Å². The highest BCUT2D eigenvalue weighted by molar-refractivity contribution is 6.33. The fourth-order valence-electron chi connectivity index (χ4n) is 1.99. The van der Waals surface area contributed by atoms with Crippen LogP contribution in [0.3, 0.4) is 0 Å². The zero-order chi connectivity index (χ0) is 14.9. The van der Waals surface area contributed by atoms with Gasteiger partial charge in [0.25, 0.3) is 0 Å². The molecule has 0 amide bonds. The van der Waals surface area contributed by atoms with Crippen molar-refractivity contribution in [2.75, 3.05) is 0 Å². The molecule has 0 bridgehead atoms. The van der Waals surface area contributed by atoms with Crippen LogP contribution >= 0.6 is 34.8 Å². The normalized spacial score (nSPS) is 11.3. The van der Waals surface area contributed by atoms with Crippen LogP contribution in [-0.4, -0.2) is 9.78 Å². The van der Waals surface area contributed by atoms with Crippen molar-refractivity contribution in [3.8, 4) is 5.69 Å². The third-order valence-electron chi connectivity index (χ3n) is 2.89. The lowest BCUT2D eigenvalue weighted by atomic mass is 10.1. The predicted octanol–water partition coefficient (Wildman–Crippen LogP) is 5.26. The molecule has 6 heteroatoms. The van der Waals surface area contributed by atoms with Gasteiger partial charge >= 0.3 is 0 Å². The van der Waals surface area contributed by atoms with Crippen LogP contribution < -0.4 is 0 Å². The number of rotatable bonds is 4. The maximum absolute atomic E-state index is 14.0. The van der Waals surface area contributed by atoms with Crippen molar-refractivity contribution in [2.45, 2.75) is 26.1 Å². The lowest BCUT2D eigenvalue weighted by Crippen LogP contribution is -2.03. The Kier molecular flexibility index (Phi) is 4.95. The first-order chi connectivity index (χ1) is 9.45. The second-order valence-electron chi connectivity index (χ2n) is 4.93. The van der Waals surface area contributed by atoms with E-state index < -0.39 is 5.82 Å². The summed E-state index contributed by atoms with van der Waals surface area (Å²) in [7, 11) is 0. The van der Waals surface area contributed by atoms with E-state index in [1.165, 1.54) is 16.8 Å². The van der Waals surface area contributed by atoms with Gasteiger partial charge < -0.3 is 0 Å². The average molecular weight is 336 g/mol. The summed E-state index contributed by atoms with van der Waals surface area (Å²) >= 11 is 18.3. The van der Waals surface area contributed by atoms with Gasteiger partial charge in [-0.2, -0.15) is 5.10 Å². The molecule has 0 fully saturated rings. The Bertz CT molecular complexity index is 603. The third-order valence-corrected chi connectivity index (χ3v) is 3.85. The number of halogens is 4. The molecule has 0 atom stereocenters. The van der Waals surface area contributed by atoms with E-state index in [2.05, 4.69) is 18.9 Å². The molecule has 108 valence electrons. The zero-order valence-electron chi connectivity index (χ0n) is 11.1. The Balaban J connectivity index is 2.61. The average Bonchev–Trinajstić information content (AvgIpc) is 2.65. The SMILES string of the molecule is CC(C)Cc1nn(-c2c(F)cccc2Cl)c(Cl)c1CCl. The molecule has 20 heavy (non-hydrogen) atoms. The van der Waals surface area contributed by atoms with Crippen molar-refractivity contribution in [1.82, 2.24) is 9.78 Å². The third kappa shape index (κ3) is 2.95. The van der Waals surface area contributed by atoms with Crippen molar-refractivity contribution in [2.24, 2.45) is 5.92 Å². The van der Waals surface area contributed by atoms with E-state index in [-0.39, 0.29) is 16.6 Å². The van der Waals surface area contributed by atoms with E-state index in [0.29, 0.717) is 11.1 Å². The van der Waals surface area contributed by atoms with Gasteiger partial charge in [-0.05, 0) is 24.5 Å². The molecule has 0 unspecified atom stereocenters. The standard InChI is InChI=1S/C14H14Cl3FN2/c1-8(2)6-12-9(7-15)14(17)20(19-12)13-10(16)4-3-5-11(13)18/h3-5,8H,6-7H2,1-2H3. The number of nitrogens with zero attached hydrogens (tertiary/aromatic N) is 2. The second kappa shape index (κ2) is 6.33. The number of alkyl halides is 1. The van der Waals surface area contributed by atoms with Gasteiger partial charge in [0, 0.05) is 5.56 Å². The number of para-hydroxylation sites is 1. The van der Waals surface area contributed by atoms with Crippen LogP contribution in [0.4, 0.5) is 4.39 Å². The highest BCUT2D eigenvalue weighted by Crippen LogP contribution is 2.31. The molecule has 2 nitrogen and oxygen atoms in total. The summed E-state index contributed by atoms with van der Waals surface area (Å²) in [4.78, 5) is 0. The first kappa shape index (κ1) is 15.6. The van der Waals surface area contributed by atoms with E-state index in [1.807, 2.05) is 0 Å². The zero-order valence-corrected chi connectivity index (χ0v) is 13.4. The van der Waals surface area contributed by atoms with E-state index in [4.69, 9.17) is 34.8 Å². The van der Waals surface area contributed by atoms with Crippen LogP contribution in [-0.2, 0) is 12.3 Å². The van der Waals surface area contributed by atoms with E-state index in [0.717, 1.165) is 17.7 Å². The summed E-state index contributed by atoms with van der Waals surface area (Å²) in [5, 5.41) is 4.95. The Hall–Kier alpha value is -0.770. The van der Waals surface area contributed by atoms with Crippen molar-refractivity contribution >= 4 is 34.8 Å². The molecule has 0 radical (unpaired) electrons. The van der Waals surface area contributed by atoms with Crippen molar-refractivity contribution in [3.63, 3.8) is 0 Å². The summed E-state index contributed by atoms with van der Waals surface area (Å²) in [6.07, 6.45) is 0.723. The lowest BCUT2D eigenvalue weighted by molar-refractivity contribution is 0.602. The van der Waals surface area contributed by atoms with E-state index in [9.17, 15) is 4.39 Å². The Morgan fingerprint density at radius 2 is 2.00 bits per heavy atom. The molecule has 1 heterocycles. The van der Waals surface area contributed by atoms with Crippen LogP contribution in [0.1, 0.15) is 25.1 Å². The number of benzene rings is 1. The minimum absolute atomic E-state index is 0.153. The van der Waals surface area contributed by atoms with Gasteiger partial charge in [-0.25, -0.2) is 9.07 Å². The van der Waals surface area contributed by atoms with Gasteiger partial charge in [-0.15, -0.1) is 11.6 Å². The Labute approximate surface area is 132 Å². The molecule has 0 aliphatic carbocycles. The largest absolute Gasteiger partial charge is 0.217 e. The minimum atomic E-state index is -0.473. The number of hydrogen-bond donors (Lipinski definition) is 0. The molecule has 2 aromatic rings. The summed E-state index contributed by atoms with van der Waals surface area (Å²) in [6, 6.07) is 4.46. The van der Waals surface area contributed by atoms with E-state index in [1.54, 1.807) is 6.07 Å². The van der Waals surface area contributed by atoms with E-state index >= 15 is 0 Å². The van der Waals surface area contributed by atoms with Crippen LogP contribution in [0.5, 0.6) is 0 Å². The first-order valence-electron chi connectivity index (χ1n) is 6.22. The highest BCUT2D eigenvalue weighted by atomic mass is 35.5.